The maximum absolute atomic E-state index is 5.93. The van der Waals surface area contributed by atoms with Crippen molar-refractivity contribution in [1.82, 2.24) is 9.36 Å². The molecule has 0 bridgehead atoms. The zero-order chi connectivity index (χ0) is 13.1. The van der Waals surface area contributed by atoms with Crippen LogP contribution in [-0.2, 0) is 0 Å². The lowest BCUT2D eigenvalue weighted by molar-refractivity contribution is 0.416. The predicted molar refractivity (Wildman–Crippen MR) is 75.7 cm³/mol. The van der Waals surface area contributed by atoms with Gasteiger partial charge in [-0.25, -0.2) is 0 Å². The summed E-state index contributed by atoms with van der Waals surface area (Å²) in [5.74, 6) is 1.33. The number of halogens is 1. The summed E-state index contributed by atoms with van der Waals surface area (Å²) in [6, 6.07) is 5.75. The van der Waals surface area contributed by atoms with Gasteiger partial charge in [-0.15, -0.1) is 0 Å². The second kappa shape index (κ2) is 5.54. The van der Waals surface area contributed by atoms with E-state index in [-0.39, 0.29) is 0 Å². The molecule has 2 aromatic rings. The topological polar surface area (TPSA) is 47.0 Å². The molecule has 2 rings (SSSR count). The van der Waals surface area contributed by atoms with Crippen LogP contribution in [0.15, 0.2) is 18.2 Å². The van der Waals surface area contributed by atoms with Gasteiger partial charge < -0.3 is 10.1 Å². The molecule has 1 aromatic heterocycles. The van der Waals surface area contributed by atoms with Crippen molar-refractivity contribution in [2.24, 2.45) is 0 Å². The van der Waals surface area contributed by atoms with Gasteiger partial charge in [-0.1, -0.05) is 11.6 Å². The number of nitrogens with one attached hydrogen (secondary N) is 1. The number of anilines is 1. The maximum atomic E-state index is 5.93. The van der Waals surface area contributed by atoms with Crippen LogP contribution in [0.25, 0.3) is 11.4 Å². The summed E-state index contributed by atoms with van der Waals surface area (Å²) in [4.78, 5) is 4.43. The van der Waals surface area contributed by atoms with Crippen LogP contribution in [0.3, 0.4) is 0 Å². The summed E-state index contributed by atoms with van der Waals surface area (Å²) in [6.07, 6.45) is 0. The lowest BCUT2D eigenvalue weighted by atomic mass is 10.2. The minimum absolute atomic E-state index is 0.331. The molecule has 1 heterocycles. The summed E-state index contributed by atoms with van der Waals surface area (Å²) in [7, 11) is 1.61. The Morgan fingerprint density at radius 1 is 1.39 bits per heavy atom. The SMILES string of the molecule is COc1cc(Cl)ccc1-c1nsc(NC(C)C)n1. The molecule has 4 nitrogen and oxygen atoms in total. The standard InChI is InChI=1S/C12H14ClN3OS/c1-7(2)14-12-15-11(16-18-12)9-5-4-8(13)6-10(9)17-3/h4-7H,1-3H3,(H,14,15,16). The highest BCUT2D eigenvalue weighted by molar-refractivity contribution is 7.09. The fourth-order valence-electron chi connectivity index (χ4n) is 1.49. The summed E-state index contributed by atoms with van der Waals surface area (Å²) in [6.45, 7) is 4.12. The number of methoxy groups -OCH3 is 1. The Hall–Kier alpha value is -1.33. The molecular weight excluding hydrogens is 270 g/mol. The van der Waals surface area contributed by atoms with Gasteiger partial charge in [0.1, 0.15) is 5.75 Å². The normalized spacial score (nSPS) is 10.7. The van der Waals surface area contributed by atoms with E-state index in [4.69, 9.17) is 16.3 Å². The molecule has 0 unspecified atom stereocenters. The van der Waals surface area contributed by atoms with E-state index in [0.29, 0.717) is 22.6 Å². The molecule has 0 fully saturated rings. The van der Waals surface area contributed by atoms with Crippen molar-refractivity contribution in [3.8, 4) is 17.1 Å². The van der Waals surface area contributed by atoms with E-state index in [0.717, 1.165) is 10.7 Å². The van der Waals surface area contributed by atoms with Crippen LogP contribution >= 0.6 is 23.1 Å². The summed E-state index contributed by atoms with van der Waals surface area (Å²) < 4.78 is 9.61. The van der Waals surface area contributed by atoms with Gasteiger partial charge in [-0.3, -0.25) is 0 Å². The number of ether oxygens (including phenoxy) is 1. The van der Waals surface area contributed by atoms with E-state index in [1.807, 2.05) is 6.07 Å². The third-order valence-electron chi connectivity index (χ3n) is 2.24. The summed E-state index contributed by atoms with van der Waals surface area (Å²) in [5, 5.41) is 4.66. The predicted octanol–water partition coefficient (Wildman–Crippen LogP) is 3.69. The monoisotopic (exact) mass is 283 g/mol. The molecule has 0 saturated carbocycles. The van der Waals surface area contributed by atoms with Gasteiger partial charge in [0.15, 0.2) is 5.82 Å². The van der Waals surface area contributed by atoms with E-state index in [9.17, 15) is 0 Å². The van der Waals surface area contributed by atoms with Gasteiger partial charge in [0.2, 0.25) is 5.13 Å². The van der Waals surface area contributed by atoms with Gasteiger partial charge in [0.05, 0.1) is 12.7 Å². The third kappa shape index (κ3) is 2.91. The first-order chi connectivity index (χ1) is 8.60. The highest BCUT2D eigenvalue weighted by Crippen LogP contribution is 2.32. The van der Waals surface area contributed by atoms with Crippen LogP contribution in [0, 0.1) is 0 Å². The van der Waals surface area contributed by atoms with E-state index in [1.54, 1.807) is 19.2 Å². The van der Waals surface area contributed by atoms with E-state index < -0.39 is 0 Å². The molecule has 96 valence electrons. The van der Waals surface area contributed by atoms with E-state index >= 15 is 0 Å². The number of hydrogen-bond acceptors (Lipinski definition) is 5. The Morgan fingerprint density at radius 3 is 2.83 bits per heavy atom. The Labute approximate surface area is 115 Å². The molecule has 0 aliphatic carbocycles. The summed E-state index contributed by atoms with van der Waals surface area (Å²) >= 11 is 7.26. The second-order valence-corrected chi connectivity index (χ2v) is 5.26. The molecule has 0 aliphatic heterocycles. The van der Waals surface area contributed by atoms with Crippen LogP contribution in [0.2, 0.25) is 5.02 Å². The lowest BCUT2D eigenvalue weighted by Gasteiger charge is -2.06. The molecular formula is C12H14ClN3OS. The zero-order valence-electron chi connectivity index (χ0n) is 10.4. The van der Waals surface area contributed by atoms with Crippen molar-refractivity contribution < 1.29 is 4.74 Å². The number of hydrogen-bond donors (Lipinski definition) is 1. The molecule has 18 heavy (non-hydrogen) atoms. The molecule has 1 aromatic carbocycles. The Bertz CT molecular complexity index is 542. The first-order valence-corrected chi connectivity index (χ1v) is 6.69. The zero-order valence-corrected chi connectivity index (χ0v) is 12.0. The Morgan fingerprint density at radius 2 is 2.17 bits per heavy atom. The van der Waals surface area contributed by atoms with Crippen molar-refractivity contribution >= 4 is 28.3 Å². The molecule has 0 radical (unpaired) electrons. The van der Waals surface area contributed by atoms with Crippen LogP contribution < -0.4 is 10.1 Å². The first-order valence-electron chi connectivity index (χ1n) is 5.54. The highest BCUT2D eigenvalue weighted by Gasteiger charge is 2.12. The van der Waals surface area contributed by atoms with Crippen molar-refractivity contribution in [3.63, 3.8) is 0 Å². The van der Waals surface area contributed by atoms with Crippen LogP contribution in [-0.4, -0.2) is 22.5 Å². The van der Waals surface area contributed by atoms with E-state index in [1.165, 1.54) is 11.5 Å². The van der Waals surface area contributed by atoms with Crippen LogP contribution in [0.5, 0.6) is 5.75 Å². The fraction of sp³-hybridized carbons (Fsp3) is 0.333. The minimum atomic E-state index is 0.331. The minimum Gasteiger partial charge on any atom is -0.496 e. The van der Waals surface area contributed by atoms with Gasteiger partial charge in [0, 0.05) is 22.6 Å². The number of benzene rings is 1. The lowest BCUT2D eigenvalue weighted by Crippen LogP contribution is -2.08. The van der Waals surface area contributed by atoms with E-state index in [2.05, 4.69) is 28.5 Å². The van der Waals surface area contributed by atoms with Gasteiger partial charge in [-0.2, -0.15) is 9.36 Å². The third-order valence-corrected chi connectivity index (χ3v) is 3.12. The van der Waals surface area contributed by atoms with Crippen LogP contribution in [0.1, 0.15) is 13.8 Å². The molecule has 0 spiro atoms. The van der Waals surface area contributed by atoms with Gasteiger partial charge >= 0.3 is 0 Å². The number of aromatic nitrogens is 2. The quantitative estimate of drug-likeness (QED) is 0.930. The summed E-state index contributed by atoms with van der Waals surface area (Å²) in [5.41, 5.74) is 0.843. The smallest absolute Gasteiger partial charge is 0.203 e. The van der Waals surface area contributed by atoms with Crippen molar-refractivity contribution in [1.29, 1.82) is 0 Å². The van der Waals surface area contributed by atoms with Crippen molar-refractivity contribution in [2.75, 3.05) is 12.4 Å². The molecule has 6 heteroatoms. The molecule has 0 saturated heterocycles. The molecule has 0 atom stereocenters. The highest BCUT2D eigenvalue weighted by atomic mass is 35.5. The Balaban J connectivity index is 2.33. The molecule has 1 N–H and O–H groups in total. The second-order valence-electron chi connectivity index (χ2n) is 4.07. The van der Waals surface area contributed by atoms with Crippen LogP contribution in [0.4, 0.5) is 5.13 Å². The Kier molecular flexibility index (Phi) is 4.04. The van der Waals surface area contributed by atoms with Crippen molar-refractivity contribution in [2.45, 2.75) is 19.9 Å². The number of rotatable bonds is 4. The average Bonchev–Trinajstić information content (AvgIpc) is 2.76. The van der Waals surface area contributed by atoms with Gasteiger partial charge in [0.25, 0.3) is 0 Å². The fourth-order valence-corrected chi connectivity index (χ4v) is 2.38. The van der Waals surface area contributed by atoms with Gasteiger partial charge in [-0.05, 0) is 32.0 Å². The number of nitrogens with zero attached hydrogens (tertiary/aromatic N) is 2. The van der Waals surface area contributed by atoms with Crippen molar-refractivity contribution in [3.05, 3.63) is 23.2 Å². The largest absolute Gasteiger partial charge is 0.496 e. The maximum Gasteiger partial charge on any atom is 0.203 e. The molecule has 0 amide bonds. The average molecular weight is 284 g/mol. The first kappa shape index (κ1) is 13.1. The molecule has 0 aliphatic rings.